The minimum absolute atomic E-state index is 0.0533. The summed E-state index contributed by atoms with van der Waals surface area (Å²) in [6.45, 7) is 6.84. The Balaban J connectivity index is 1.19. The first-order chi connectivity index (χ1) is 20.7. The molecule has 1 aliphatic heterocycles. The number of hydrogen-bond donors (Lipinski definition) is 3. The molecule has 3 N–H and O–H groups in total. The maximum absolute atomic E-state index is 13.2. The summed E-state index contributed by atoms with van der Waals surface area (Å²) in [5, 5.41) is 16.5. The molecule has 3 aromatic carbocycles. The zero-order valence-corrected chi connectivity index (χ0v) is 25.4. The van der Waals surface area contributed by atoms with Gasteiger partial charge in [-0.2, -0.15) is 0 Å². The highest BCUT2D eigenvalue weighted by atomic mass is 32.2. The molecule has 0 fully saturated rings. The lowest BCUT2D eigenvalue weighted by molar-refractivity contribution is 0.0716. The monoisotopic (exact) mass is 620 g/mol. The lowest BCUT2D eigenvalue weighted by Gasteiger charge is -2.21. The van der Waals surface area contributed by atoms with Crippen molar-refractivity contribution >= 4 is 38.7 Å². The van der Waals surface area contributed by atoms with Crippen LogP contribution in [0, 0.1) is 0 Å². The molecule has 43 heavy (non-hydrogen) atoms. The zero-order chi connectivity index (χ0) is 30.6. The molecule has 10 nitrogen and oxygen atoms in total. The topological polar surface area (TPSA) is 138 Å². The number of carbonyl (C=O) groups is 2. The molecule has 0 bridgehead atoms. The van der Waals surface area contributed by atoms with E-state index in [-0.39, 0.29) is 39.8 Å². The van der Waals surface area contributed by atoms with Gasteiger partial charge >= 0.3 is 0 Å². The first kappa shape index (κ1) is 30.4. The number of rotatable bonds is 11. The molecule has 12 heteroatoms. The SMILES string of the molecule is CCN(CC)CC(O)COc1ccc(-c2ncc(CNC(=O)c3ccc4c(c3)NC(=O)c3ccccc3S4(=O)=O)s2)cc1. The van der Waals surface area contributed by atoms with Crippen LogP contribution in [0.2, 0.25) is 0 Å². The number of likely N-dealkylation sites (N-methyl/N-ethyl adjacent to an activating group) is 1. The molecule has 1 aliphatic rings. The van der Waals surface area contributed by atoms with Crippen LogP contribution in [0.3, 0.4) is 0 Å². The number of nitrogens with zero attached hydrogens (tertiary/aromatic N) is 2. The van der Waals surface area contributed by atoms with Gasteiger partial charge in [-0.25, -0.2) is 13.4 Å². The number of aromatic nitrogens is 1. The Morgan fingerprint density at radius 3 is 2.56 bits per heavy atom. The summed E-state index contributed by atoms with van der Waals surface area (Å²) in [5.74, 6) is -0.323. The maximum Gasteiger partial charge on any atom is 0.257 e. The van der Waals surface area contributed by atoms with Gasteiger partial charge in [0.05, 0.1) is 27.6 Å². The highest BCUT2D eigenvalue weighted by molar-refractivity contribution is 7.91. The van der Waals surface area contributed by atoms with Crippen molar-refractivity contribution in [3.63, 3.8) is 0 Å². The van der Waals surface area contributed by atoms with Gasteiger partial charge in [0.15, 0.2) is 0 Å². The number of fused-ring (bicyclic) bond motifs is 2. The van der Waals surface area contributed by atoms with E-state index in [1.165, 1.54) is 41.7 Å². The van der Waals surface area contributed by atoms with E-state index < -0.39 is 27.8 Å². The average Bonchev–Trinajstić information content (AvgIpc) is 3.48. The quantitative estimate of drug-likeness (QED) is 0.227. The van der Waals surface area contributed by atoms with Crippen LogP contribution in [0.5, 0.6) is 5.75 Å². The van der Waals surface area contributed by atoms with Gasteiger partial charge in [-0.1, -0.05) is 26.0 Å². The Morgan fingerprint density at radius 1 is 1.07 bits per heavy atom. The number of amides is 2. The molecule has 4 aromatic rings. The van der Waals surface area contributed by atoms with Gasteiger partial charge in [0.2, 0.25) is 9.84 Å². The van der Waals surface area contributed by atoms with E-state index in [1.54, 1.807) is 18.3 Å². The third-order valence-corrected chi connectivity index (χ3v) is 10.0. The maximum atomic E-state index is 13.2. The van der Waals surface area contributed by atoms with Gasteiger partial charge in [0.1, 0.15) is 23.5 Å². The number of benzene rings is 3. The predicted octanol–water partition coefficient (Wildman–Crippen LogP) is 4.22. The summed E-state index contributed by atoms with van der Waals surface area (Å²) < 4.78 is 32.1. The van der Waals surface area contributed by atoms with Gasteiger partial charge < -0.3 is 25.4 Å². The Bertz CT molecular complexity index is 1730. The van der Waals surface area contributed by atoms with E-state index in [0.29, 0.717) is 12.3 Å². The second-order valence-electron chi connectivity index (χ2n) is 9.95. The summed E-state index contributed by atoms with van der Waals surface area (Å²) in [5.41, 5.74) is 1.21. The summed E-state index contributed by atoms with van der Waals surface area (Å²) in [6.07, 6.45) is 1.11. The Hall–Kier alpha value is -4.10. The summed E-state index contributed by atoms with van der Waals surface area (Å²) in [4.78, 5) is 32.9. The normalized spacial score (nSPS) is 14.3. The lowest BCUT2D eigenvalue weighted by Crippen LogP contribution is -2.35. The van der Waals surface area contributed by atoms with Gasteiger partial charge in [0.25, 0.3) is 11.8 Å². The van der Waals surface area contributed by atoms with Crippen LogP contribution >= 0.6 is 11.3 Å². The summed E-state index contributed by atoms with van der Waals surface area (Å²) >= 11 is 1.43. The highest BCUT2D eigenvalue weighted by Crippen LogP contribution is 2.34. The van der Waals surface area contributed by atoms with E-state index in [9.17, 15) is 23.1 Å². The molecule has 2 amide bonds. The molecule has 2 heterocycles. The number of aliphatic hydroxyl groups is 1. The first-order valence-corrected chi connectivity index (χ1v) is 16.2. The molecule has 0 saturated heterocycles. The Kier molecular flexibility index (Phi) is 9.21. The number of hydrogen-bond acceptors (Lipinski definition) is 9. The molecule has 1 aromatic heterocycles. The number of sulfone groups is 1. The molecule has 5 rings (SSSR count). The fourth-order valence-corrected chi connectivity index (χ4v) is 7.16. The number of ether oxygens (including phenoxy) is 1. The number of thiazole rings is 1. The lowest BCUT2D eigenvalue weighted by atomic mass is 10.1. The molecule has 0 radical (unpaired) electrons. The van der Waals surface area contributed by atoms with Gasteiger partial charge in [0, 0.05) is 28.7 Å². The fraction of sp³-hybridized carbons (Fsp3) is 0.258. The molecule has 0 spiro atoms. The zero-order valence-electron chi connectivity index (χ0n) is 23.7. The van der Waals surface area contributed by atoms with Crippen molar-refractivity contribution in [2.24, 2.45) is 0 Å². The smallest absolute Gasteiger partial charge is 0.257 e. The average molecular weight is 621 g/mol. The largest absolute Gasteiger partial charge is 0.491 e. The standard InChI is InChI=1S/C31H32N4O6S2/c1-3-35(4-2)18-22(36)19-41-23-12-9-20(10-13-23)31-33-17-24(42-31)16-32-29(37)21-11-14-28-26(15-21)34-30(38)25-7-5-6-8-27(25)43(28,39)40/h5-15,17,22,36H,3-4,16,18-19H2,1-2H3,(H,32,37)(H,34,38). The van der Waals surface area contributed by atoms with Crippen LogP contribution < -0.4 is 15.4 Å². The van der Waals surface area contributed by atoms with Crippen molar-refractivity contribution in [3.8, 4) is 16.3 Å². The number of anilines is 1. The molecule has 1 atom stereocenters. The van der Waals surface area contributed by atoms with Crippen LogP contribution in [0.1, 0.15) is 39.4 Å². The summed E-state index contributed by atoms with van der Waals surface area (Å²) in [6, 6.07) is 17.6. The van der Waals surface area contributed by atoms with Crippen LogP contribution in [-0.2, 0) is 16.4 Å². The molecule has 0 aliphatic carbocycles. The van der Waals surface area contributed by atoms with Crippen molar-refractivity contribution in [2.75, 3.05) is 31.6 Å². The van der Waals surface area contributed by atoms with E-state index >= 15 is 0 Å². The number of nitrogens with one attached hydrogen (secondary N) is 2. The number of carbonyl (C=O) groups excluding carboxylic acids is 2. The number of aliphatic hydroxyl groups excluding tert-OH is 1. The summed E-state index contributed by atoms with van der Waals surface area (Å²) in [7, 11) is -3.95. The van der Waals surface area contributed by atoms with E-state index in [0.717, 1.165) is 28.5 Å². The van der Waals surface area contributed by atoms with Gasteiger partial charge in [-0.3, -0.25) is 9.59 Å². The molecular weight excluding hydrogens is 588 g/mol. The minimum Gasteiger partial charge on any atom is -0.491 e. The molecular formula is C31H32N4O6S2. The van der Waals surface area contributed by atoms with Crippen LogP contribution in [-0.4, -0.2) is 67.6 Å². The third kappa shape index (κ3) is 6.78. The molecule has 0 saturated carbocycles. The Morgan fingerprint density at radius 2 is 1.81 bits per heavy atom. The van der Waals surface area contributed by atoms with Crippen molar-refractivity contribution in [1.29, 1.82) is 0 Å². The van der Waals surface area contributed by atoms with E-state index in [1.807, 2.05) is 24.3 Å². The van der Waals surface area contributed by atoms with Crippen molar-refractivity contribution in [1.82, 2.24) is 15.2 Å². The second kappa shape index (κ2) is 13.0. The fourth-order valence-electron chi connectivity index (χ4n) is 4.71. The van der Waals surface area contributed by atoms with Crippen LogP contribution in [0.4, 0.5) is 5.69 Å². The van der Waals surface area contributed by atoms with E-state index in [4.69, 9.17) is 4.74 Å². The Labute approximate surface area is 254 Å². The van der Waals surface area contributed by atoms with Gasteiger partial charge in [-0.05, 0) is 67.7 Å². The van der Waals surface area contributed by atoms with Crippen LogP contribution in [0.15, 0.2) is 82.7 Å². The van der Waals surface area contributed by atoms with Crippen molar-refractivity contribution in [2.45, 2.75) is 36.3 Å². The van der Waals surface area contributed by atoms with E-state index in [2.05, 4.69) is 34.4 Å². The van der Waals surface area contributed by atoms with Crippen molar-refractivity contribution < 1.29 is 27.9 Å². The third-order valence-electron chi connectivity index (χ3n) is 7.08. The van der Waals surface area contributed by atoms with Crippen LogP contribution in [0.25, 0.3) is 10.6 Å². The molecule has 1 unspecified atom stereocenters. The second-order valence-corrected chi connectivity index (χ2v) is 13.0. The minimum atomic E-state index is -3.95. The van der Waals surface area contributed by atoms with Crippen molar-refractivity contribution in [3.05, 3.63) is 88.9 Å². The first-order valence-electron chi connectivity index (χ1n) is 13.9. The van der Waals surface area contributed by atoms with Gasteiger partial charge in [-0.15, -0.1) is 11.3 Å². The molecule has 224 valence electrons. The predicted molar refractivity (Wildman–Crippen MR) is 164 cm³/mol. The highest BCUT2D eigenvalue weighted by Gasteiger charge is 2.31.